The van der Waals surface area contributed by atoms with Gasteiger partial charge in [-0.1, -0.05) is 0 Å². The van der Waals surface area contributed by atoms with Crippen molar-refractivity contribution in [3.63, 3.8) is 0 Å². The van der Waals surface area contributed by atoms with Gasteiger partial charge in [0, 0.05) is 0 Å². The Morgan fingerprint density at radius 2 is 1.50 bits per heavy atom. The van der Waals surface area contributed by atoms with Crippen LogP contribution in [0.2, 0.25) is 0 Å². The van der Waals surface area contributed by atoms with Crippen molar-refractivity contribution in [2.24, 2.45) is 0 Å². The van der Waals surface area contributed by atoms with E-state index in [1.54, 1.807) is 0 Å². The van der Waals surface area contributed by atoms with Crippen molar-refractivity contribution in [2.45, 2.75) is 38.5 Å². The number of para-hydroxylation sites is 1. The predicted molar refractivity (Wildman–Crippen MR) is 100 cm³/mol. The van der Waals surface area contributed by atoms with E-state index in [9.17, 15) is 0 Å². The van der Waals surface area contributed by atoms with Gasteiger partial charge in [0.25, 0.3) is 0 Å². The summed E-state index contributed by atoms with van der Waals surface area (Å²) in [7, 11) is 0. The third kappa shape index (κ3) is 1.55. The molecule has 0 aliphatic carbocycles. The van der Waals surface area contributed by atoms with Crippen molar-refractivity contribution < 1.29 is 0 Å². The Hall–Kier alpha value is -1.83. The number of fused-ring (bicyclic) bond motifs is 4. The van der Waals surface area contributed by atoms with Crippen molar-refractivity contribution in [3.8, 4) is 0 Å². The van der Waals surface area contributed by atoms with Gasteiger partial charge in [-0.2, -0.15) is 0 Å². The molecular weight excluding hydrogens is 359 g/mol. The fourth-order valence-corrected chi connectivity index (χ4v) is 6.64. The maximum absolute atomic E-state index is 4.82. The SMILES string of the molecule is CC1(C)c2cccnc2N2c3[se]ccc3C(C)(C)c3cccc1c32. The quantitative estimate of drug-likeness (QED) is 0.517. The first-order chi connectivity index (χ1) is 11.4. The number of benzene rings is 1. The summed E-state index contributed by atoms with van der Waals surface area (Å²) >= 11 is 0.369. The number of rotatable bonds is 0. The van der Waals surface area contributed by atoms with Gasteiger partial charge in [0.1, 0.15) is 0 Å². The Kier molecular flexibility index (Phi) is 2.67. The normalized spacial score (nSPS) is 18.6. The standard InChI is InChI=1S/C21H20N2Se/c1-20(2)13-7-5-8-14-17(13)23(18-15(20)9-6-11-22-18)19-16(10-12-24-19)21(14,3)4/h5-12H,1-4H3. The molecule has 1 aromatic carbocycles. The fourth-order valence-electron chi connectivity index (χ4n) is 4.40. The molecule has 5 rings (SSSR count). The van der Waals surface area contributed by atoms with Gasteiger partial charge in [-0.15, -0.1) is 0 Å². The zero-order valence-corrected chi connectivity index (χ0v) is 16.1. The van der Waals surface area contributed by atoms with E-state index in [1.807, 2.05) is 6.20 Å². The van der Waals surface area contributed by atoms with Gasteiger partial charge < -0.3 is 0 Å². The summed E-state index contributed by atoms with van der Waals surface area (Å²) in [5.41, 5.74) is 7.02. The molecule has 3 heteroatoms. The molecule has 0 N–H and O–H groups in total. The van der Waals surface area contributed by atoms with Crippen LogP contribution in [0, 0.1) is 0 Å². The van der Waals surface area contributed by atoms with Gasteiger partial charge in [0.2, 0.25) is 0 Å². The van der Waals surface area contributed by atoms with Gasteiger partial charge in [-0.25, -0.2) is 0 Å². The molecule has 2 aliphatic rings. The third-order valence-electron chi connectivity index (χ3n) is 5.80. The van der Waals surface area contributed by atoms with Crippen LogP contribution in [-0.2, 0) is 10.8 Å². The Labute approximate surface area is 148 Å². The molecule has 0 saturated carbocycles. The molecule has 2 aliphatic heterocycles. The first-order valence-electron chi connectivity index (χ1n) is 8.41. The molecule has 120 valence electrons. The van der Waals surface area contributed by atoms with Crippen molar-refractivity contribution in [2.75, 3.05) is 4.90 Å². The minimum atomic E-state index is -0.0292. The molecule has 0 fully saturated rings. The molecule has 2 nitrogen and oxygen atoms in total. The van der Waals surface area contributed by atoms with Crippen LogP contribution in [0.25, 0.3) is 0 Å². The molecule has 0 radical (unpaired) electrons. The monoisotopic (exact) mass is 380 g/mol. The predicted octanol–water partition coefficient (Wildman–Crippen LogP) is 4.89. The van der Waals surface area contributed by atoms with Crippen LogP contribution in [0.15, 0.2) is 47.5 Å². The molecular formula is C21H20N2Se. The average Bonchev–Trinajstić information content (AvgIpc) is 3.05. The summed E-state index contributed by atoms with van der Waals surface area (Å²) < 4.78 is 1.46. The molecule has 0 amide bonds. The molecule has 0 bridgehead atoms. The van der Waals surface area contributed by atoms with E-state index in [4.69, 9.17) is 4.98 Å². The summed E-state index contributed by atoms with van der Waals surface area (Å²) in [6, 6.07) is 13.5. The molecule has 0 atom stereocenters. The van der Waals surface area contributed by atoms with E-state index >= 15 is 0 Å². The molecule has 0 unspecified atom stereocenters. The number of aromatic nitrogens is 1. The van der Waals surface area contributed by atoms with Crippen molar-refractivity contribution in [3.05, 3.63) is 69.8 Å². The van der Waals surface area contributed by atoms with E-state index < -0.39 is 0 Å². The van der Waals surface area contributed by atoms with Crippen LogP contribution in [0.5, 0.6) is 0 Å². The van der Waals surface area contributed by atoms with E-state index in [0.29, 0.717) is 14.5 Å². The third-order valence-corrected chi connectivity index (χ3v) is 7.68. The summed E-state index contributed by atoms with van der Waals surface area (Å²) in [5, 5.41) is 0. The van der Waals surface area contributed by atoms with Gasteiger partial charge in [-0.3, -0.25) is 0 Å². The van der Waals surface area contributed by atoms with Gasteiger partial charge in [0.05, 0.1) is 0 Å². The van der Waals surface area contributed by atoms with Crippen LogP contribution in [0.3, 0.4) is 0 Å². The zero-order valence-electron chi connectivity index (χ0n) is 14.4. The van der Waals surface area contributed by atoms with E-state index in [-0.39, 0.29) is 10.8 Å². The van der Waals surface area contributed by atoms with Crippen molar-refractivity contribution >= 4 is 30.6 Å². The van der Waals surface area contributed by atoms with Gasteiger partial charge in [-0.05, 0) is 0 Å². The Bertz CT molecular complexity index is 981. The number of pyridine rings is 1. The average molecular weight is 379 g/mol. The van der Waals surface area contributed by atoms with E-state index in [1.165, 1.54) is 32.5 Å². The topological polar surface area (TPSA) is 16.1 Å². The van der Waals surface area contributed by atoms with Crippen molar-refractivity contribution in [1.29, 1.82) is 0 Å². The summed E-state index contributed by atoms with van der Waals surface area (Å²) in [5.74, 6) is 1.12. The minimum absolute atomic E-state index is 0.0292. The van der Waals surface area contributed by atoms with Crippen LogP contribution in [0.1, 0.15) is 49.9 Å². The molecule has 24 heavy (non-hydrogen) atoms. The molecule has 0 saturated heterocycles. The first-order valence-corrected chi connectivity index (χ1v) is 10.3. The van der Waals surface area contributed by atoms with E-state index in [2.05, 4.69) is 73.9 Å². The maximum atomic E-state index is 4.82. The number of hydrogen-bond acceptors (Lipinski definition) is 2. The fraction of sp³-hybridized carbons (Fsp3) is 0.286. The Balaban J connectivity index is 1.97. The van der Waals surface area contributed by atoms with Crippen LogP contribution in [-0.4, -0.2) is 19.5 Å². The van der Waals surface area contributed by atoms with Gasteiger partial charge in [0.15, 0.2) is 0 Å². The number of hydrogen-bond donors (Lipinski definition) is 0. The summed E-state index contributed by atoms with van der Waals surface area (Å²) in [4.78, 5) is 9.64. The van der Waals surface area contributed by atoms with Crippen LogP contribution in [0.4, 0.5) is 16.1 Å². The molecule has 0 spiro atoms. The summed E-state index contributed by atoms with van der Waals surface area (Å²) in [6.45, 7) is 9.38. The van der Waals surface area contributed by atoms with E-state index in [0.717, 1.165) is 5.82 Å². The number of anilines is 3. The Morgan fingerprint density at radius 3 is 2.25 bits per heavy atom. The second kappa shape index (κ2) is 4.41. The van der Waals surface area contributed by atoms with Crippen LogP contribution < -0.4 is 4.90 Å². The second-order valence-electron chi connectivity index (χ2n) is 7.80. The molecule has 4 heterocycles. The molecule has 3 aromatic rings. The first kappa shape index (κ1) is 14.5. The summed E-state index contributed by atoms with van der Waals surface area (Å²) in [6.07, 6.45) is 1.93. The zero-order chi connectivity index (χ0) is 16.7. The van der Waals surface area contributed by atoms with Crippen LogP contribution >= 0.6 is 0 Å². The van der Waals surface area contributed by atoms with Gasteiger partial charge >= 0.3 is 149 Å². The molecule has 2 aromatic heterocycles. The second-order valence-corrected chi connectivity index (χ2v) is 9.68. The number of nitrogens with zero attached hydrogens (tertiary/aromatic N) is 2. The Morgan fingerprint density at radius 1 is 0.833 bits per heavy atom. The van der Waals surface area contributed by atoms with Crippen molar-refractivity contribution in [1.82, 2.24) is 4.98 Å².